The van der Waals surface area contributed by atoms with Crippen LogP contribution in [0.25, 0.3) is 0 Å². The minimum absolute atomic E-state index is 0.352. The molecular weight excluding hydrogens is 388 g/mol. The molecule has 0 aliphatic carbocycles. The predicted octanol–water partition coefficient (Wildman–Crippen LogP) is 0.475. The van der Waals surface area contributed by atoms with E-state index < -0.39 is 35.2 Å². The highest BCUT2D eigenvalue weighted by Crippen LogP contribution is 2.27. The lowest BCUT2D eigenvalue weighted by Crippen LogP contribution is -2.45. The molecule has 9 nitrogen and oxygen atoms in total. The smallest absolute Gasteiger partial charge is 0.287 e. The molecular formula is C6H9F6N3O6S2. The summed E-state index contributed by atoms with van der Waals surface area (Å²) in [5, 5.41) is 19.3. The van der Waals surface area contributed by atoms with Crippen molar-refractivity contribution in [2.24, 2.45) is 0 Å². The van der Waals surface area contributed by atoms with Crippen LogP contribution in [0.3, 0.4) is 0 Å². The molecule has 1 rings (SSSR count). The topological polar surface area (TPSA) is 127 Å². The highest BCUT2D eigenvalue weighted by atomic mass is 32.3. The molecule has 1 aliphatic heterocycles. The molecule has 0 fully saturated rings. The first-order chi connectivity index (χ1) is 9.92. The molecule has 0 unspecified atom stereocenters. The van der Waals surface area contributed by atoms with Crippen LogP contribution in [0.4, 0.5) is 26.3 Å². The number of hydrogen-bond acceptors (Lipinski definition) is 8. The van der Waals surface area contributed by atoms with Crippen LogP contribution in [0.15, 0.2) is 12.4 Å². The van der Waals surface area contributed by atoms with E-state index in [4.69, 9.17) is 10.4 Å². The Kier molecular flexibility index (Phi) is 6.29. The van der Waals surface area contributed by atoms with E-state index in [2.05, 4.69) is 0 Å². The number of hydroxylamine groups is 4. The second-order valence-electron chi connectivity index (χ2n) is 3.67. The Balaban J connectivity index is 0.000000502. The van der Waals surface area contributed by atoms with Gasteiger partial charge in [-0.15, -0.1) is 0 Å². The van der Waals surface area contributed by atoms with Crippen molar-refractivity contribution < 1.29 is 53.6 Å². The van der Waals surface area contributed by atoms with E-state index >= 15 is 0 Å². The molecule has 0 aromatic rings. The summed E-state index contributed by atoms with van der Waals surface area (Å²) in [6, 6.07) is 0. The van der Waals surface area contributed by atoms with Gasteiger partial charge in [-0.1, -0.05) is 4.13 Å². The van der Waals surface area contributed by atoms with Crippen LogP contribution in [-0.2, 0) is 20.0 Å². The Morgan fingerprint density at radius 3 is 1.26 bits per heavy atom. The molecule has 0 aromatic carbocycles. The van der Waals surface area contributed by atoms with E-state index in [9.17, 15) is 43.2 Å². The summed E-state index contributed by atoms with van der Waals surface area (Å²) < 4.78 is 108. The van der Waals surface area contributed by atoms with Gasteiger partial charge in [0.05, 0.1) is 0 Å². The van der Waals surface area contributed by atoms with Crippen LogP contribution in [0.2, 0.25) is 0 Å². The summed E-state index contributed by atoms with van der Waals surface area (Å²) in [6.45, 7) is 1.67. The van der Waals surface area contributed by atoms with Gasteiger partial charge in [-0.2, -0.15) is 26.3 Å². The Hall–Kier alpha value is -1.30. The molecule has 17 heteroatoms. The lowest BCUT2D eigenvalue weighted by molar-refractivity contribution is -0.176. The molecule has 1 heterocycles. The maximum Gasteiger partial charge on any atom is 0.512 e. The van der Waals surface area contributed by atoms with Crippen molar-refractivity contribution in [2.45, 2.75) is 24.1 Å². The lowest BCUT2D eigenvalue weighted by Gasteiger charge is -2.18. The van der Waals surface area contributed by atoms with Crippen molar-refractivity contribution in [3.63, 3.8) is 0 Å². The van der Waals surface area contributed by atoms with Gasteiger partial charge >= 0.3 is 31.1 Å². The average Bonchev–Trinajstić information content (AvgIpc) is 2.57. The fourth-order valence-corrected chi connectivity index (χ4v) is 2.66. The second kappa shape index (κ2) is 6.67. The summed E-state index contributed by atoms with van der Waals surface area (Å²) >= 11 is 0. The van der Waals surface area contributed by atoms with Gasteiger partial charge in [0.2, 0.25) is 0 Å². The van der Waals surface area contributed by atoms with Crippen molar-refractivity contribution in [1.29, 1.82) is 0 Å². The number of halogens is 6. The van der Waals surface area contributed by atoms with Crippen LogP contribution in [-0.4, -0.2) is 54.6 Å². The quantitative estimate of drug-likeness (QED) is 0.574. The van der Waals surface area contributed by atoms with E-state index in [-0.39, 0.29) is 6.17 Å². The third-order valence-corrected chi connectivity index (χ3v) is 4.94. The Bertz CT molecular complexity index is 587. The van der Waals surface area contributed by atoms with Crippen molar-refractivity contribution in [3.05, 3.63) is 12.4 Å². The first-order valence-electron chi connectivity index (χ1n) is 4.96. The van der Waals surface area contributed by atoms with Gasteiger partial charge in [0.15, 0.2) is 0 Å². The van der Waals surface area contributed by atoms with Gasteiger partial charge in [-0.05, 0) is 6.92 Å². The lowest BCUT2D eigenvalue weighted by atomic mass is 10.6. The number of nitrogens with one attached hydrogen (secondary N) is 1. The molecule has 0 radical (unpaired) electrons. The van der Waals surface area contributed by atoms with Gasteiger partial charge in [-0.3, -0.25) is 10.4 Å². The van der Waals surface area contributed by atoms with E-state index in [1.54, 1.807) is 6.92 Å². The number of rotatable bonds is 2. The molecule has 138 valence electrons. The molecule has 0 saturated carbocycles. The summed E-state index contributed by atoms with van der Waals surface area (Å²) in [4.78, 5) is 0. The maximum atomic E-state index is 11.5. The van der Waals surface area contributed by atoms with Crippen LogP contribution in [0, 0.1) is 0 Å². The molecule has 0 atom stereocenters. The fourth-order valence-electron chi connectivity index (χ4n) is 0.746. The molecule has 23 heavy (non-hydrogen) atoms. The van der Waals surface area contributed by atoms with Gasteiger partial charge in [0.25, 0.3) is 0 Å². The number of hydrogen-bond donors (Lipinski definition) is 3. The van der Waals surface area contributed by atoms with Gasteiger partial charge in [-0.25, -0.2) is 27.0 Å². The van der Waals surface area contributed by atoms with Crippen LogP contribution in [0.5, 0.6) is 0 Å². The molecule has 1 aliphatic rings. The zero-order valence-electron chi connectivity index (χ0n) is 10.7. The SMILES string of the molecule is CC1N(O)C=CN1O.O=S(=O)(NS(=O)(=O)C(F)(F)F)C(F)(F)F. The minimum Gasteiger partial charge on any atom is -0.287 e. The second-order valence-corrected chi connectivity index (χ2v) is 7.28. The standard InChI is InChI=1S/C4H8N2O2.C2HF6NO4S2/c1-4-5(7)2-3-6(4)8;3-1(4,5)14(10,11)9-15(12,13)2(6,7)8/h2-4,7-8H,1H3;9H. The van der Waals surface area contributed by atoms with E-state index in [1.165, 1.54) is 12.4 Å². The van der Waals surface area contributed by atoms with Crippen molar-refractivity contribution in [2.75, 3.05) is 0 Å². The Morgan fingerprint density at radius 2 is 1.13 bits per heavy atom. The van der Waals surface area contributed by atoms with Crippen LogP contribution < -0.4 is 4.13 Å². The van der Waals surface area contributed by atoms with E-state index in [0.717, 1.165) is 10.1 Å². The monoisotopic (exact) mass is 397 g/mol. The zero-order chi connectivity index (χ0) is 18.9. The number of alkyl halides is 6. The Morgan fingerprint density at radius 1 is 0.870 bits per heavy atom. The van der Waals surface area contributed by atoms with Crippen molar-refractivity contribution in [1.82, 2.24) is 14.3 Å². The first-order valence-corrected chi connectivity index (χ1v) is 7.93. The van der Waals surface area contributed by atoms with Crippen LogP contribution in [0.1, 0.15) is 6.92 Å². The summed E-state index contributed by atoms with van der Waals surface area (Å²) in [5.41, 5.74) is -12.3. The van der Waals surface area contributed by atoms with E-state index in [1.807, 2.05) is 0 Å². The predicted molar refractivity (Wildman–Crippen MR) is 58.9 cm³/mol. The third kappa shape index (κ3) is 5.68. The molecule has 0 spiro atoms. The van der Waals surface area contributed by atoms with Gasteiger partial charge < -0.3 is 0 Å². The summed E-state index contributed by atoms with van der Waals surface area (Å²) in [6.07, 6.45) is 2.41. The first kappa shape index (κ1) is 21.7. The highest BCUT2D eigenvalue weighted by molar-refractivity contribution is 8.05. The largest absolute Gasteiger partial charge is 0.512 e. The minimum atomic E-state index is -6.60. The Labute approximate surface area is 125 Å². The zero-order valence-corrected chi connectivity index (χ0v) is 12.4. The summed E-state index contributed by atoms with van der Waals surface area (Å²) in [7, 11) is -13.2. The number of sulfonamides is 2. The third-order valence-electron chi connectivity index (χ3n) is 1.97. The average molecular weight is 397 g/mol. The molecule has 0 aromatic heterocycles. The maximum absolute atomic E-state index is 11.5. The molecule has 3 N–H and O–H groups in total. The van der Waals surface area contributed by atoms with Crippen LogP contribution >= 0.6 is 0 Å². The highest BCUT2D eigenvalue weighted by Gasteiger charge is 2.55. The molecule has 0 bridgehead atoms. The number of nitrogens with zero attached hydrogens (tertiary/aromatic N) is 2. The molecule has 0 saturated heterocycles. The van der Waals surface area contributed by atoms with E-state index in [0.29, 0.717) is 0 Å². The normalized spacial score (nSPS) is 17.3. The summed E-state index contributed by atoms with van der Waals surface area (Å²) in [5.74, 6) is 0. The van der Waals surface area contributed by atoms with Crippen molar-refractivity contribution in [3.8, 4) is 0 Å². The fraction of sp³-hybridized carbons (Fsp3) is 0.667. The van der Waals surface area contributed by atoms with Gasteiger partial charge in [0.1, 0.15) is 6.17 Å². The van der Waals surface area contributed by atoms with Crippen molar-refractivity contribution >= 4 is 20.0 Å². The molecule has 0 amide bonds. The van der Waals surface area contributed by atoms with Gasteiger partial charge in [0, 0.05) is 12.4 Å².